The number of hydrogen-bond acceptors (Lipinski definition) is 6. The first-order valence-corrected chi connectivity index (χ1v) is 8.98. The van der Waals surface area contributed by atoms with Crippen molar-refractivity contribution < 1.29 is 14.6 Å². The summed E-state index contributed by atoms with van der Waals surface area (Å²) in [5.74, 6) is 0.910. The third-order valence-electron chi connectivity index (χ3n) is 4.29. The second-order valence-electron chi connectivity index (χ2n) is 6.36. The van der Waals surface area contributed by atoms with Crippen molar-refractivity contribution in [2.45, 2.75) is 26.0 Å². The number of aromatic amines is 1. The lowest BCUT2D eigenvalue weighted by atomic mass is 10.0. The maximum absolute atomic E-state index is 11.7. The zero-order valence-corrected chi connectivity index (χ0v) is 15.5. The molecule has 0 aliphatic carbocycles. The van der Waals surface area contributed by atoms with Crippen molar-refractivity contribution in [2.24, 2.45) is 4.99 Å². The highest BCUT2D eigenvalue weighted by molar-refractivity contribution is 6.10. The molecule has 28 heavy (non-hydrogen) atoms. The molecule has 1 aliphatic rings. The average Bonchev–Trinajstić information content (AvgIpc) is 2.70. The Kier molecular flexibility index (Phi) is 6.25. The summed E-state index contributed by atoms with van der Waals surface area (Å²) in [5.41, 5.74) is 2.06. The number of nitrogens with one attached hydrogen (secondary N) is 1. The molecule has 0 bridgehead atoms. The first kappa shape index (κ1) is 19.4. The van der Waals surface area contributed by atoms with Gasteiger partial charge in [-0.2, -0.15) is 5.26 Å². The van der Waals surface area contributed by atoms with Crippen molar-refractivity contribution in [3.05, 3.63) is 63.6 Å². The third-order valence-corrected chi connectivity index (χ3v) is 4.29. The van der Waals surface area contributed by atoms with Gasteiger partial charge in [0.2, 0.25) is 0 Å². The number of allylic oxidation sites excluding steroid dienone is 1. The van der Waals surface area contributed by atoms with Gasteiger partial charge in [0.05, 0.1) is 13.2 Å². The number of nitrogens with zero attached hydrogens (tertiary/aromatic N) is 2. The van der Waals surface area contributed by atoms with E-state index < -0.39 is 0 Å². The first-order chi connectivity index (χ1) is 13.6. The molecule has 2 N–H and O–H groups in total. The fraction of sp³-hybridized carbons (Fsp3) is 0.286. The molecule has 2 heterocycles. The van der Waals surface area contributed by atoms with Gasteiger partial charge in [0.1, 0.15) is 23.1 Å². The number of aliphatic imine (C=N–C) groups is 1. The predicted molar refractivity (Wildman–Crippen MR) is 106 cm³/mol. The zero-order chi connectivity index (χ0) is 19.9. The molecule has 1 aromatic heterocycles. The van der Waals surface area contributed by atoms with Gasteiger partial charge in [0.15, 0.2) is 6.23 Å². The number of dihydropyridines is 1. The molecule has 1 atom stereocenters. The van der Waals surface area contributed by atoms with Crippen LogP contribution in [0.2, 0.25) is 0 Å². The van der Waals surface area contributed by atoms with Crippen LogP contribution >= 0.6 is 0 Å². The maximum Gasteiger partial charge on any atom is 0.266 e. The van der Waals surface area contributed by atoms with Crippen LogP contribution in [0.1, 0.15) is 29.7 Å². The number of pyridine rings is 1. The van der Waals surface area contributed by atoms with Gasteiger partial charge in [-0.3, -0.25) is 9.79 Å². The van der Waals surface area contributed by atoms with Crippen molar-refractivity contribution in [1.82, 2.24) is 4.98 Å². The Bertz CT molecular complexity index is 984. The normalized spacial score (nSPS) is 15.7. The highest BCUT2D eigenvalue weighted by atomic mass is 16.5. The van der Waals surface area contributed by atoms with Gasteiger partial charge in [-0.15, -0.1) is 0 Å². The fourth-order valence-electron chi connectivity index (χ4n) is 2.81. The van der Waals surface area contributed by atoms with Gasteiger partial charge in [-0.05, 0) is 42.8 Å². The number of aromatic nitrogens is 1. The number of benzene rings is 1. The molecule has 0 radical (unpaired) electrons. The van der Waals surface area contributed by atoms with E-state index in [2.05, 4.69) is 9.98 Å². The molecule has 144 valence electrons. The number of rotatable bonds is 7. The van der Waals surface area contributed by atoms with Crippen molar-refractivity contribution >= 4 is 11.8 Å². The number of aromatic hydroxyl groups is 1. The maximum atomic E-state index is 11.7. The molecule has 7 nitrogen and oxygen atoms in total. The van der Waals surface area contributed by atoms with E-state index in [1.165, 1.54) is 0 Å². The minimum absolute atomic E-state index is 0.0851. The summed E-state index contributed by atoms with van der Waals surface area (Å²) in [6, 6.07) is 10.1. The van der Waals surface area contributed by atoms with Crippen LogP contribution in [0.3, 0.4) is 0 Å². The van der Waals surface area contributed by atoms with Gasteiger partial charge < -0.3 is 19.6 Å². The Morgan fingerprint density at radius 2 is 2.11 bits per heavy atom. The van der Waals surface area contributed by atoms with Crippen molar-refractivity contribution in [2.75, 3.05) is 13.2 Å². The molecule has 2 aromatic rings. The summed E-state index contributed by atoms with van der Waals surface area (Å²) in [6.07, 6.45) is 4.78. The molecule has 0 amide bonds. The first-order valence-electron chi connectivity index (χ1n) is 8.98. The van der Waals surface area contributed by atoms with Crippen LogP contribution in [0.5, 0.6) is 11.5 Å². The molecule has 0 saturated carbocycles. The van der Waals surface area contributed by atoms with Crippen LogP contribution in [-0.2, 0) is 4.74 Å². The molecule has 1 aromatic carbocycles. The second kappa shape index (κ2) is 9.02. The monoisotopic (exact) mass is 379 g/mol. The van der Waals surface area contributed by atoms with E-state index in [0.717, 1.165) is 11.1 Å². The van der Waals surface area contributed by atoms with Crippen molar-refractivity contribution in [3.63, 3.8) is 0 Å². The van der Waals surface area contributed by atoms with E-state index in [4.69, 9.17) is 14.7 Å². The zero-order valence-electron chi connectivity index (χ0n) is 15.5. The highest BCUT2D eigenvalue weighted by Crippen LogP contribution is 2.21. The van der Waals surface area contributed by atoms with E-state index in [1.54, 1.807) is 43.5 Å². The minimum atomic E-state index is -0.382. The predicted octanol–water partition coefficient (Wildman–Crippen LogP) is 2.93. The Morgan fingerprint density at radius 1 is 1.32 bits per heavy atom. The van der Waals surface area contributed by atoms with E-state index in [9.17, 15) is 9.90 Å². The van der Waals surface area contributed by atoms with Crippen LogP contribution < -0.4 is 10.3 Å². The summed E-state index contributed by atoms with van der Waals surface area (Å²) < 4.78 is 11.3. The van der Waals surface area contributed by atoms with Gasteiger partial charge in [0.25, 0.3) is 5.56 Å². The number of phenols is 1. The van der Waals surface area contributed by atoms with Gasteiger partial charge in [0, 0.05) is 30.3 Å². The number of aryl methyl sites for hydroxylation is 1. The molecule has 0 fully saturated rings. The molecule has 0 spiro atoms. The lowest BCUT2D eigenvalue weighted by Gasteiger charge is -2.17. The summed E-state index contributed by atoms with van der Waals surface area (Å²) >= 11 is 0. The minimum Gasteiger partial charge on any atom is -0.508 e. The highest BCUT2D eigenvalue weighted by Gasteiger charge is 2.14. The van der Waals surface area contributed by atoms with E-state index in [-0.39, 0.29) is 23.1 Å². The molecule has 0 saturated heterocycles. The Labute approximate surface area is 162 Å². The molecule has 7 heteroatoms. The van der Waals surface area contributed by atoms with Gasteiger partial charge >= 0.3 is 0 Å². The standard InChI is InChI=1S/C21H21N3O4/c1-14-19(11-16(12-22)21(26)24-14)15-3-8-20(23-13-15)28-10-2-9-27-18-6-4-17(25)5-7-18/h3-7,11,13,20,25H,2,8-10H2,1H3,(H,24,26). The summed E-state index contributed by atoms with van der Waals surface area (Å²) in [6.45, 7) is 2.82. The van der Waals surface area contributed by atoms with Crippen LogP contribution in [0.25, 0.3) is 5.57 Å². The van der Waals surface area contributed by atoms with Crippen molar-refractivity contribution in [3.8, 4) is 17.6 Å². The van der Waals surface area contributed by atoms with Crippen LogP contribution in [0, 0.1) is 18.3 Å². The molecule has 1 unspecified atom stereocenters. The second-order valence-corrected chi connectivity index (χ2v) is 6.36. The molecular weight excluding hydrogens is 358 g/mol. The van der Waals surface area contributed by atoms with E-state index in [1.807, 2.05) is 12.1 Å². The number of nitriles is 1. The number of phenolic OH excluding ortho intramolecular Hbond substituents is 1. The van der Waals surface area contributed by atoms with Crippen LogP contribution in [-0.4, -0.2) is 35.7 Å². The number of ether oxygens (including phenoxy) is 2. The Morgan fingerprint density at radius 3 is 2.79 bits per heavy atom. The summed E-state index contributed by atoms with van der Waals surface area (Å²) in [5, 5.41) is 18.3. The largest absolute Gasteiger partial charge is 0.508 e. The SMILES string of the molecule is Cc1[nH]c(=O)c(C#N)cc1C1=CCC(OCCCOc2ccc(O)cc2)N=C1. The van der Waals surface area contributed by atoms with Gasteiger partial charge in [-0.1, -0.05) is 6.08 Å². The molecule has 1 aliphatic heterocycles. The molecular formula is C21H21N3O4. The van der Waals surface area contributed by atoms with Crippen molar-refractivity contribution in [1.29, 1.82) is 5.26 Å². The fourth-order valence-corrected chi connectivity index (χ4v) is 2.81. The quantitative estimate of drug-likeness (QED) is 0.719. The Hall–Kier alpha value is -3.37. The third kappa shape index (κ3) is 4.87. The number of H-pyrrole nitrogens is 1. The lowest BCUT2D eigenvalue weighted by Crippen LogP contribution is -2.17. The topological polar surface area (TPSA) is 108 Å². The van der Waals surface area contributed by atoms with Crippen LogP contribution in [0.4, 0.5) is 0 Å². The average molecular weight is 379 g/mol. The van der Waals surface area contributed by atoms with Crippen LogP contribution in [0.15, 0.2) is 46.2 Å². The smallest absolute Gasteiger partial charge is 0.266 e. The van der Waals surface area contributed by atoms with E-state index in [0.29, 0.717) is 37.5 Å². The summed E-state index contributed by atoms with van der Waals surface area (Å²) in [4.78, 5) is 18.8. The van der Waals surface area contributed by atoms with E-state index >= 15 is 0 Å². The Balaban J connectivity index is 1.46. The van der Waals surface area contributed by atoms with Gasteiger partial charge in [-0.25, -0.2) is 0 Å². The summed E-state index contributed by atoms with van der Waals surface area (Å²) in [7, 11) is 0. The lowest BCUT2D eigenvalue weighted by molar-refractivity contribution is 0.0534. The number of hydrogen-bond donors (Lipinski definition) is 2. The molecule has 3 rings (SSSR count).